The van der Waals surface area contributed by atoms with Crippen molar-refractivity contribution in [3.05, 3.63) is 0 Å². The Hall–Kier alpha value is 0.603. The average molecular weight is 209 g/mol. The van der Waals surface area contributed by atoms with Crippen LogP contribution < -0.4 is 0 Å². The van der Waals surface area contributed by atoms with E-state index in [9.17, 15) is 17.3 Å². The zero-order valence-electron chi connectivity index (χ0n) is 2.54. The molecule has 0 fully saturated rings. The monoisotopic (exact) mass is 208 g/mol. The fourth-order valence-corrected chi connectivity index (χ4v) is 0. The second-order valence-corrected chi connectivity index (χ2v) is 0.495. The first-order valence-corrected chi connectivity index (χ1v) is 0.873. The van der Waals surface area contributed by atoms with Crippen molar-refractivity contribution in [2.24, 2.45) is 0 Å². The van der Waals surface area contributed by atoms with E-state index in [1.54, 1.807) is 0 Å². The molecule has 6 heavy (non-hydrogen) atoms. The van der Waals surface area contributed by atoms with Crippen LogP contribution in [0.4, 0.5) is 17.3 Å². The van der Waals surface area contributed by atoms with Crippen molar-refractivity contribution in [2.45, 2.75) is 0 Å². The Labute approximate surface area is 49.5 Å². The van der Waals surface area contributed by atoms with Crippen LogP contribution in [0.1, 0.15) is 0 Å². The fourth-order valence-electron chi connectivity index (χ4n) is 0. The van der Waals surface area contributed by atoms with Crippen LogP contribution in [0, 0.1) is 0 Å². The maximum Gasteiger partial charge on any atom is 0.673 e. The molecule has 0 spiro atoms. The Morgan fingerprint density at radius 3 is 0.833 bits per heavy atom. The molecule has 37 valence electrons. The smallest absolute Gasteiger partial charge is 0.418 e. The molecular weight excluding hydrogens is 209 g/mol. The predicted molar refractivity (Wildman–Crippen MR) is 15.9 cm³/mol. The molecule has 0 atom stereocenters. The normalized spacial score (nSPS) is 10.0. The van der Waals surface area contributed by atoms with Gasteiger partial charge < -0.3 is 17.3 Å². The van der Waals surface area contributed by atoms with Gasteiger partial charge in [-0.15, -0.1) is 0 Å². The summed E-state index contributed by atoms with van der Waals surface area (Å²) in [6, 6.07) is 0. The second kappa shape index (κ2) is 2.72. The van der Waals surface area contributed by atoms with Crippen LogP contribution in [0.3, 0.4) is 0 Å². The minimum Gasteiger partial charge on any atom is -0.418 e. The van der Waals surface area contributed by atoms with Crippen molar-refractivity contribution in [3.63, 3.8) is 0 Å². The summed E-state index contributed by atoms with van der Waals surface area (Å²) in [4.78, 5) is 0. The van der Waals surface area contributed by atoms with E-state index in [0.717, 1.165) is 0 Å². The maximum atomic E-state index is 9.75. The summed E-state index contributed by atoms with van der Waals surface area (Å²) in [5.41, 5.74) is 0. The first kappa shape index (κ1) is 9.78. The zero-order chi connectivity index (χ0) is 4.50. The Bertz CT molecular complexity index is 23.0. The molecule has 0 aliphatic heterocycles. The topological polar surface area (TPSA) is 0 Å². The van der Waals surface area contributed by atoms with E-state index < -0.39 is 7.25 Å². The Morgan fingerprint density at radius 1 is 0.833 bits per heavy atom. The number of hydrogen-bond donors (Lipinski definition) is 0. The van der Waals surface area contributed by atoms with Crippen LogP contribution in [0.2, 0.25) is 0 Å². The van der Waals surface area contributed by atoms with Crippen molar-refractivity contribution < 1.29 is 17.3 Å². The number of hydrogen-bond acceptors (Lipinski definition) is 0. The second-order valence-electron chi connectivity index (χ2n) is 0.495. The van der Waals surface area contributed by atoms with Crippen molar-refractivity contribution in [1.29, 1.82) is 0 Å². The minimum atomic E-state index is -6.00. The standard InChI is InChI=1S/BF4.Sb/c2-1(3,4)5;/q-1;. The summed E-state index contributed by atoms with van der Waals surface area (Å²) >= 11 is 0. The molecule has 0 aliphatic carbocycles. The third kappa shape index (κ3) is 164. The van der Waals surface area contributed by atoms with E-state index in [1.807, 2.05) is 0 Å². The molecule has 0 nitrogen and oxygen atoms in total. The van der Waals surface area contributed by atoms with Gasteiger partial charge in [0, 0.05) is 24.4 Å². The molecule has 0 heterocycles. The van der Waals surface area contributed by atoms with Crippen molar-refractivity contribution in [1.82, 2.24) is 0 Å². The molecule has 0 aliphatic rings. The van der Waals surface area contributed by atoms with Gasteiger partial charge in [-0.25, -0.2) is 0 Å². The summed E-state index contributed by atoms with van der Waals surface area (Å²) in [6.07, 6.45) is 0. The van der Waals surface area contributed by atoms with Crippen molar-refractivity contribution >= 4 is 31.7 Å². The molecule has 0 amide bonds. The summed E-state index contributed by atoms with van der Waals surface area (Å²) in [6.45, 7) is 0. The van der Waals surface area contributed by atoms with E-state index in [4.69, 9.17) is 0 Å². The Kier molecular flexibility index (Phi) is 4.44. The van der Waals surface area contributed by atoms with Crippen LogP contribution >= 0.6 is 0 Å². The molecule has 0 aromatic heterocycles. The molecule has 3 radical (unpaired) electrons. The van der Waals surface area contributed by atoms with Gasteiger partial charge in [-0.1, -0.05) is 0 Å². The van der Waals surface area contributed by atoms with Gasteiger partial charge in [0.25, 0.3) is 0 Å². The van der Waals surface area contributed by atoms with Gasteiger partial charge in [-0.3, -0.25) is 0 Å². The SMILES string of the molecule is F[B-](F)(F)F.[Sb]. The third-order valence-electron chi connectivity index (χ3n) is 0. The van der Waals surface area contributed by atoms with Gasteiger partial charge in [-0.05, 0) is 0 Å². The van der Waals surface area contributed by atoms with Crippen LogP contribution in [0.5, 0.6) is 0 Å². The number of halogens is 4. The molecule has 0 saturated heterocycles. The van der Waals surface area contributed by atoms with Crippen molar-refractivity contribution in [2.75, 3.05) is 0 Å². The summed E-state index contributed by atoms with van der Waals surface area (Å²) in [5, 5.41) is 0. The zero-order valence-corrected chi connectivity index (χ0v) is 5.09. The first-order chi connectivity index (χ1) is 2.00. The molecule has 0 unspecified atom stereocenters. The number of rotatable bonds is 0. The predicted octanol–water partition coefficient (Wildman–Crippen LogP) is 0.919. The summed E-state index contributed by atoms with van der Waals surface area (Å²) in [7, 11) is -6.00. The van der Waals surface area contributed by atoms with Crippen molar-refractivity contribution in [3.8, 4) is 0 Å². The maximum absolute atomic E-state index is 9.75. The van der Waals surface area contributed by atoms with Crippen LogP contribution in [-0.4, -0.2) is 31.7 Å². The first-order valence-electron chi connectivity index (χ1n) is 0.873. The Balaban J connectivity index is 0. The van der Waals surface area contributed by atoms with E-state index in [0.29, 0.717) is 0 Å². The van der Waals surface area contributed by atoms with Crippen LogP contribution in [0.25, 0.3) is 0 Å². The van der Waals surface area contributed by atoms with Gasteiger partial charge in [0.05, 0.1) is 0 Å². The molecule has 6 heteroatoms. The van der Waals surface area contributed by atoms with E-state index >= 15 is 0 Å². The molecular formula is BF4Sb-. The van der Waals surface area contributed by atoms with Gasteiger partial charge >= 0.3 is 7.25 Å². The largest absolute Gasteiger partial charge is 0.673 e. The molecule has 0 aromatic rings. The van der Waals surface area contributed by atoms with Crippen LogP contribution in [0.15, 0.2) is 0 Å². The average Bonchev–Trinajstić information content (AvgIpc) is 0.722. The Morgan fingerprint density at radius 2 is 0.833 bits per heavy atom. The van der Waals surface area contributed by atoms with E-state index in [-0.39, 0.29) is 24.4 Å². The summed E-state index contributed by atoms with van der Waals surface area (Å²) in [5.74, 6) is 0. The molecule has 0 saturated carbocycles. The fraction of sp³-hybridized carbons (Fsp3) is 0. The molecule has 0 aromatic carbocycles. The van der Waals surface area contributed by atoms with Gasteiger partial charge in [0.15, 0.2) is 0 Å². The third-order valence-corrected chi connectivity index (χ3v) is 0. The minimum absolute atomic E-state index is 0. The van der Waals surface area contributed by atoms with Gasteiger partial charge in [-0.2, -0.15) is 0 Å². The van der Waals surface area contributed by atoms with Gasteiger partial charge in [0.1, 0.15) is 0 Å². The molecule has 0 bridgehead atoms. The quantitative estimate of drug-likeness (QED) is 0.410. The van der Waals surface area contributed by atoms with Gasteiger partial charge in [0.2, 0.25) is 0 Å². The molecule has 0 N–H and O–H groups in total. The van der Waals surface area contributed by atoms with Crippen LogP contribution in [-0.2, 0) is 0 Å². The van der Waals surface area contributed by atoms with E-state index in [2.05, 4.69) is 0 Å². The van der Waals surface area contributed by atoms with E-state index in [1.165, 1.54) is 0 Å². The summed E-state index contributed by atoms with van der Waals surface area (Å²) < 4.78 is 39.0. The molecule has 0 rings (SSSR count).